The SMILES string of the molecule is C#CCCCC(C#N)C(O)c1ccccc1C#Cc1ccccc1. The van der Waals surface area contributed by atoms with E-state index in [1.54, 1.807) is 0 Å². The molecule has 0 saturated heterocycles. The van der Waals surface area contributed by atoms with Crippen LogP contribution in [0.1, 0.15) is 42.1 Å². The maximum Gasteiger partial charge on any atom is 0.0960 e. The maximum atomic E-state index is 10.6. The summed E-state index contributed by atoms with van der Waals surface area (Å²) in [6, 6.07) is 19.3. The molecule has 0 aromatic heterocycles. The Morgan fingerprint density at radius 2 is 1.71 bits per heavy atom. The predicted octanol–water partition coefficient (Wildman–Crippen LogP) is 4.06. The number of benzene rings is 2. The van der Waals surface area contributed by atoms with E-state index in [4.69, 9.17) is 6.42 Å². The Morgan fingerprint density at radius 3 is 2.42 bits per heavy atom. The van der Waals surface area contributed by atoms with Gasteiger partial charge in [0.05, 0.1) is 18.1 Å². The van der Waals surface area contributed by atoms with Crippen LogP contribution in [0.25, 0.3) is 0 Å². The molecule has 0 fully saturated rings. The predicted molar refractivity (Wildman–Crippen MR) is 95.6 cm³/mol. The van der Waals surface area contributed by atoms with Gasteiger partial charge in [0, 0.05) is 17.5 Å². The molecule has 2 heteroatoms. The number of aliphatic hydroxyl groups excluding tert-OH is 1. The molecule has 0 aliphatic heterocycles. The van der Waals surface area contributed by atoms with Crippen molar-refractivity contribution in [1.82, 2.24) is 0 Å². The monoisotopic (exact) mass is 313 g/mol. The molecule has 0 aliphatic rings. The fourth-order valence-corrected chi connectivity index (χ4v) is 2.46. The van der Waals surface area contributed by atoms with Crippen LogP contribution in [-0.2, 0) is 0 Å². The molecule has 2 aromatic carbocycles. The average molecular weight is 313 g/mol. The van der Waals surface area contributed by atoms with Crippen molar-refractivity contribution in [1.29, 1.82) is 5.26 Å². The molecule has 2 unspecified atom stereocenters. The molecule has 2 aromatic rings. The first-order valence-electron chi connectivity index (χ1n) is 7.93. The van der Waals surface area contributed by atoms with E-state index in [-0.39, 0.29) is 0 Å². The topological polar surface area (TPSA) is 44.0 Å². The highest BCUT2D eigenvalue weighted by atomic mass is 16.3. The summed E-state index contributed by atoms with van der Waals surface area (Å²) in [5.41, 5.74) is 2.34. The third kappa shape index (κ3) is 4.76. The number of nitriles is 1. The molecule has 2 nitrogen and oxygen atoms in total. The van der Waals surface area contributed by atoms with Crippen LogP contribution in [0.5, 0.6) is 0 Å². The molecule has 0 bridgehead atoms. The summed E-state index contributed by atoms with van der Waals surface area (Å²) in [6.45, 7) is 0. The van der Waals surface area contributed by atoms with Crippen LogP contribution in [0.4, 0.5) is 0 Å². The van der Waals surface area contributed by atoms with Gasteiger partial charge in [0.2, 0.25) is 0 Å². The zero-order valence-corrected chi connectivity index (χ0v) is 13.4. The highest BCUT2D eigenvalue weighted by molar-refractivity contribution is 5.47. The maximum absolute atomic E-state index is 10.6. The highest BCUT2D eigenvalue weighted by Crippen LogP contribution is 2.28. The van der Waals surface area contributed by atoms with E-state index in [0.29, 0.717) is 18.4 Å². The molecule has 0 heterocycles. The molecule has 0 amide bonds. The van der Waals surface area contributed by atoms with Crippen molar-refractivity contribution in [2.45, 2.75) is 25.4 Å². The molecule has 0 radical (unpaired) electrons. The van der Waals surface area contributed by atoms with Gasteiger partial charge >= 0.3 is 0 Å². The normalized spacial score (nSPS) is 12.1. The Kier molecular flexibility index (Phi) is 6.67. The van der Waals surface area contributed by atoms with Crippen molar-refractivity contribution in [2.75, 3.05) is 0 Å². The number of hydrogen-bond donors (Lipinski definition) is 1. The van der Waals surface area contributed by atoms with Crippen molar-refractivity contribution in [3.8, 4) is 30.3 Å². The summed E-state index contributed by atoms with van der Waals surface area (Å²) in [5, 5.41) is 20.0. The first kappa shape index (κ1) is 17.4. The van der Waals surface area contributed by atoms with Gasteiger partial charge in [-0.3, -0.25) is 0 Å². The Hall–Kier alpha value is -2.99. The minimum Gasteiger partial charge on any atom is -0.387 e. The smallest absolute Gasteiger partial charge is 0.0960 e. The van der Waals surface area contributed by atoms with E-state index in [1.165, 1.54) is 0 Å². The van der Waals surface area contributed by atoms with Gasteiger partial charge in [0.1, 0.15) is 0 Å². The summed E-state index contributed by atoms with van der Waals surface area (Å²) >= 11 is 0. The Balaban J connectivity index is 2.23. The third-order valence-corrected chi connectivity index (χ3v) is 3.78. The molecule has 0 aliphatic carbocycles. The Morgan fingerprint density at radius 1 is 1.00 bits per heavy atom. The van der Waals surface area contributed by atoms with Crippen LogP contribution >= 0.6 is 0 Å². The van der Waals surface area contributed by atoms with Crippen LogP contribution in [0, 0.1) is 41.4 Å². The van der Waals surface area contributed by atoms with E-state index in [0.717, 1.165) is 17.5 Å². The number of hydrogen-bond acceptors (Lipinski definition) is 2. The molecule has 0 spiro atoms. The lowest BCUT2D eigenvalue weighted by Crippen LogP contribution is -2.12. The quantitative estimate of drug-likeness (QED) is 0.668. The minimum atomic E-state index is -0.867. The molecular weight excluding hydrogens is 294 g/mol. The largest absolute Gasteiger partial charge is 0.387 e. The second kappa shape index (κ2) is 9.22. The zero-order chi connectivity index (χ0) is 17.2. The van der Waals surface area contributed by atoms with Gasteiger partial charge in [-0.15, -0.1) is 12.3 Å². The lowest BCUT2D eigenvalue weighted by atomic mass is 9.90. The van der Waals surface area contributed by atoms with Crippen LogP contribution in [0.15, 0.2) is 54.6 Å². The first-order chi connectivity index (χ1) is 11.8. The molecule has 118 valence electrons. The lowest BCUT2D eigenvalue weighted by molar-refractivity contribution is 0.129. The van der Waals surface area contributed by atoms with Crippen molar-refractivity contribution in [2.24, 2.45) is 5.92 Å². The van der Waals surface area contributed by atoms with Gasteiger partial charge in [-0.25, -0.2) is 0 Å². The van der Waals surface area contributed by atoms with E-state index < -0.39 is 12.0 Å². The van der Waals surface area contributed by atoms with Gasteiger partial charge in [0.15, 0.2) is 0 Å². The van der Waals surface area contributed by atoms with Gasteiger partial charge in [0.25, 0.3) is 0 Å². The highest BCUT2D eigenvalue weighted by Gasteiger charge is 2.22. The van der Waals surface area contributed by atoms with Crippen molar-refractivity contribution >= 4 is 0 Å². The van der Waals surface area contributed by atoms with Crippen molar-refractivity contribution in [3.63, 3.8) is 0 Å². The summed E-state index contributed by atoms with van der Waals surface area (Å²) in [7, 11) is 0. The third-order valence-electron chi connectivity index (χ3n) is 3.78. The molecule has 24 heavy (non-hydrogen) atoms. The van der Waals surface area contributed by atoms with Gasteiger partial charge in [-0.1, -0.05) is 48.2 Å². The van der Waals surface area contributed by atoms with E-state index in [2.05, 4.69) is 23.8 Å². The van der Waals surface area contributed by atoms with Gasteiger partial charge in [-0.05, 0) is 36.6 Å². The van der Waals surface area contributed by atoms with E-state index >= 15 is 0 Å². The fraction of sp³-hybridized carbons (Fsp3) is 0.227. The average Bonchev–Trinajstić information content (AvgIpc) is 2.64. The summed E-state index contributed by atoms with van der Waals surface area (Å²) in [4.78, 5) is 0. The lowest BCUT2D eigenvalue weighted by Gasteiger charge is -2.18. The van der Waals surface area contributed by atoms with Crippen LogP contribution in [-0.4, -0.2) is 5.11 Å². The van der Waals surface area contributed by atoms with E-state index in [9.17, 15) is 10.4 Å². The number of rotatable bonds is 5. The van der Waals surface area contributed by atoms with Crippen LogP contribution < -0.4 is 0 Å². The minimum absolute atomic E-state index is 0.488. The Bertz CT molecular complexity index is 800. The number of unbranched alkanes of at least 4 members (excludes halogenated alkanes) is 1. The Labute approximate surface area is 143 Å². The number of nitrogens with zero attached hydrogens (tertiary/aromatic N) is 1. The zero-order valence-electron chi connectivity index (χ0n) is 13.4. The first-order valence-corrected chi connectivity index (χ1v) is 7.93. The summed E-state index contributed by atoms with van der Waals surface area (Å²) in [6.07, 6.45) is 6.29. The van der Waals surface area contributed by atoms with Crippen molar-refractivity contribution < 1.29 is 5.11 Å². The molecule has 0 saturated carbocycles. The van der Waals surface area contributed by atoms with Crippen LogP contribution in [0.3, 0.4) is 0 Å². The van der Waals surface area contributed by atoms with Gasteiger partial charge in [-0.2, -0.15) is 5.26 Å². The van der Waals surface area contributed by atoms with E-state index in [1.807, 2.05) is 54.6 Å². The second-order valence-electron chi connectivity index (χ2n) is 5.48. The number of aliphatic hydroxyl groups is 1. The molecule has 2 rings (SSSR count). The van der Waals surface area contributed by atoms with Crippen LogP contribution in [0.2, 0.25) is 0 Å². The number of terminal acetylenes is 1. The summed E-state index contributed by atoms with van der Waals surface area (Å²) < 4.78 is 0. The van der Waals surface area contributed by atoms with Gasteiger partial charge < -0.3 is 5.11 Å². The van der Waals surface area contributed by atoms with Crippen molar-refractivity contribution in [3.05, 3.63) is 71.3 Å². The molecular formula is C22H19NO. The standard InChI is InChI=1S/C22H19NO/c1-2-3-5-13-20(17-23)22(24)21-14-9-8-12-19(21)16-15-18-10-6-4-7-11-18/h1,4,6-12,14,20,22,24H,3,5,13H2. The second-order valence-corrected chi connectivity index (χ2v) is 5.48. The summed E-state index contributed by atoms with van der Waals surface area (Å²) in [5.74, 6) is 8.27. The molecule has 2 atom stereocenters. The molecule has 1 N–H and O–H groups in total. The fourth-order valence-electron chi connectivity index (χ4n) is 2.46.